The molecule has 0 radical (unpaired) electrons. The molecule has 0 atom stereocenters. The Morgan fingerprint density at radius 1 is 1.14 bits per heavy atom. The van der Waals surface area contributed by atoms with E-state index in [2.05, 4.69) is 35.9 Å². The van der Waals surface area contributed by atoms with Crippen LogP contribution in [0.25, 0.3) is 11.0 Å². The predicted molar refractivity (Wildman–Crippen MR) is 117 cm³/mol. The minimum atomic E-state index is 0.128. The molecule has 1 heterocycles. The molecule has 29 heavy (non-hydrogen) atoms. The first-order valence-electron chi connectivity index (χ1n) is 10.5. The molecule has 1 N–H and O–H groups in total. The van der Waals surface area contributed by atoms with E-state index in [1.54, 1.807) is 0 Å². The second-order valence-electron chi connectivity index (χ2n) is 7.42. The maximum absolute atomic E-state index is 11.6. The highest BCUT2D eigenvalue weighted by molar-refractivity contribution is 5.76. The Morgan fingerprint density at radius 3 is 2.79 bits per heavy atom. The summed E-state index contributed by atoms with van der Waals surface area (Å²) in [5.74, 6) is 2.11. The van der Waals surface area contributed by atoms with Gasteiger partial charge in [-0.1, -0.05) is 31.2 Å². The van der Waals surface area contributed by atoms with Crippen molar-refractivity contribution in [2.45, 2.75) is 53.0 Å². The fourth-order valence-electron chi connectivity index (χ4n) is 3.48. The fourth-order valence-corrected chi connectivity index (χ4v) is 3.48. The Balaban J connectivity index is 1.65. The van der Waals surface area contributed by atoms with E-state index >= 15 is 0 Å². The number of amides is 1. The van der Waals surface area contributed by atoms with Gasteiger partial charge >= 0.3 is 0 Å². The van der Waals surface area contributed by atoms with Crippen molar-refractivity contribution >= 4 is 16.9 Å². The second kappa shape index (κ2) is 10.1. The summed E-state index contributed by atoms with van der Waals surface area (Å²) in [6.07, 6.45) is 3.16. The summed E-state index contributed by atoms with van der Waals surface area (Å²) < 4.78 is 8.32. The van der Waals surface area contributed by atoms with Gasteiger partial charge in [-0.05, 0) is 56.0 Å². The molecule has 5 heteroatoms. The molecule has 0 spiro atoms. The van der Waals surface area contributed by atoms with E-state index in [-0.39, 0.29) is 5.91 Å². The van der Waals surface area contributed by atoms with Gasteiger partial charge in [0, 0.05) is 19.4 Å². The van der Waals surface area contributed by atoms with E-state index < -0.39 is 0 Å². The Hall–Kier alpha value is -2.82. The summed E-state index contributed by atoms with van der Waals surface area (Å²) in [5, 5.41) is 2.98. The van der Waals surface area contributed by atoms with Gasteiger partial charge in [-0.15, -0.1) is 0 Å². The Labute approximate surface area is 173 Å². The standard InChI is InChI=1S/C24H31N3O2/c1-4-9-24(28)25-15-8-14-23-26-20-11-5-6-12-21(20)27(23)16-17-29-22-13-7-10-18(2)19(22)3/h5-7,10-13H,4,8-9,14-17H2,1-3H3,(H,25,28). The number of para-hydroxylation sites is 2. The van der Waals surface area contributed by atoms with Gasteiger partial charge in [0.05, 0.1) is 17.6 Å². The summed E-state index contributed by atoms with van der Waals surface area (Å²) in [7, 11) is 0. The molecule has 0 aliphatic heterocycles. The van der Waals surface area contributed by atoms with Crippen LogP contribution in [0.1, 0.15) is 43.1 Å². The number of aryl methyl sites for hydroxylation is 2. The number of hydrogen-bond donors (Lipinski definition) is 1. The number of benzene rings is 2. The lowest BCUT2D eigenvalue weighted by Gasteiger charge is -2.13. The van der Waals surface area contributed by atoms with Crippen LogP contribution in [0.3, 0.4) is 0 Å². The lowest BCUT2D eigenvalue weighted by Crippen LogP contribution is -2.24. The van der Waals surface area contributed by atoms with Crippen LogP contribution in [0.4, 0.5) is 0 Å². The lowest BCUT2D eigenvalue weighted by atomic mass is 10.1. The third-order valence-electron chi connectivity index (χ3n) is 5.24. The molecule has 2 aromatic carbocycles. The molecule has 0 fully saturated rings. The van der Waals surface area contributed by atoms with Crippen molar-refractivity contribution in [2.24, 2.45) is 0 Å². The molecule has 1 aromatic heterocycles. The largest absolute Gasteiger partial charge is 0.491 e. The van der Waals surface area contributed by atoms with E-state index in [4.69, 9.17) is 9.72 Å². The third kappa shape index (κ3) is 5.37. The van der Waals surface area contributed by atoms with Gasteiger partial charge in [0.25, 0.3) is 0 Å². The Bertz CT molecular complexity index is 962. The third-order valence-corrected chi connectivity index (χ3v) is 5.24. The van der Waals surface area contributed by atoms with Gasteiger partial charge in [-0.3, -0.25) is 4.79 Å². The second-order valence-corrected chi connectivity index (χ2v) is 7.42. The van der Waals surface area contributed by atoms with Crippen molar-refractivity contribution in [1.29, 1.82) is 0 Å². The van der Waals surface area contributed by atoms with Crippen molar-refractivity contribution in [3.05, 3.63) is 59.4 Å². The summed E-state index contributed by atoms with van der Waals surface area (Å²) in [6, 6.07) is 14.4. The van der Waals surface area contributed by atoms with E-state index in [1.807, 2.05) is 37.3 Å². The number of imidazole rings is 1. The first kappa shape index (κ1) is 20.9. The molecule has 1 amide bonds. The van der Waals surface area contributed by atoms with Crippen LogP contribution >= 0.6 is 0 Å². The molecule has 0 saturated carbocycles. The molecule has 0 unspecified atom stereocenters. The highest BCUT2D eigenvalue weighted by Crippen LogP contribution is 2.21. The van der Waals surface area contributed by atoms with Gasteiger partial charge in [0.1, 0.15) is 18.2 Å². The van der Waals surface area contributed by atoms with E-state index in [9.17, 15) is 4.79 Å². The fraction of sp³-hybridized carbons (Fsp3) is 0.417. The van der Waals surface area contributed by atoms with Crippen molar-refractivity contribution < 1.29 is 9.53 Å². The maximum Gasteiger partial charge on any atom is 0.219 e. The number of nitrogens with zero attached hydrogens (tertiary/aromatic N) is 2. The van der Waals surface area contributed by atoms with Crippen LogP contribution in [0.15, 0.2) is 42.5 Å². The molecule has 3 rings (SSSR count). The zero-order chi connectivity index (χ0) is 20.6. The Kier molecular flexibility index (Phi) is 7.28. The molecule has 0 bridgehead atoms. The average Bonchev–Trinajstić information content (AvgIpc) is 3.06. The number of rotatable bonds is 10. The highest BCUT2D eigenvalue weighted by atomic mass is 16.5. The first-order chi connectivity index (χ1) is 14.1. The summed E-state index contributed by atoms with van der Waals surface area (Å²) >= 11 is 0. The lowest BCUT2D eigenvalue weighted by molar-refractivity contribution is -0.121. The maximum atomic E-state index is 11.6. The normalized spacial score (nSPS) is 11.0. The number of ether oxygens (including phenoxy) is 1. The topological polar surface area (TPSA) is 56.2 Å². The SMILES string of the molecule is CCCC(=O)NCCCc1nc2ccccc2n1CCOc1cccc(C)c1C. The first-order valence-corrected chi connectivity index (χ1v) is 10.5. The van der Waals surface area contributed by atoms with Gasteiger partial charge in [-0.25, -0.2) is 4.98 Å². The number of fused-ring (bicyclic) bond motifs is 1. The van der Waals surface area contributed by atoms with Gasteiger partial charge in [0.2, 0.25) is 5.91 Å². The smallest absolute Gasteiger partial charge is 0.219 e. The van der Waals surface area contributed by atoms with Gasteiger partial charge < -0.3 is 14.6 Å². The number of carbonyl (C=O) groups is 1. The van der Waals surface area contributed by atoms with Crippen molar-refractivity contribution in [3.8, 4) is 5.75 Å². The summed E-state index contributed by atoms with van der Waals surface area (Å²) in [4.78, 5) is 16.5. The predicted octanol–water partition coefficient (Wildman–Crippen LogP) is 4.58. The zero-order valence-corrected chi connectivity index (χ0v) is 17.7. The van der Waals surface area contributed by atoms with E-state index in [1.165, 1.54) is 11.1 Å². The molecular weight excluding hydrogens is 362 g/mol. The van der Waals surface area contributed by atoms with Crippen LogP contribution in [-0.2, 0) is 17.8 Å². The van der Waals surface area contributed by atoms with Crippen molar-refractivity contribution in [2.75, 3.05) is 13.2 Å². The zero-order valence-electron chi connectivity index (χ0n) is 17.7. The summed E-state index contributed by atoms with van der Waals surface area (Å²) in [5.41, 5.74) is 4.55. The number of carbonyl (C=O) groups excluding carboxylic acids is 1. The van der Waals surface area contributed by atoms with Crippen LogP contribution in [0, 0.1) is 13.8 Å². The van der Waals surface area contributed by atoms with Crippen molar-refractivity contribution in [1.82, 2.24) is 14.9 Å². The molecule has 154 valence electrons. The molecule has 3 aromatic rings. The van der Waals surface area contributed by atoms with Gasteiger partial charge in [0.15, 0.2) is 0 Å². The van der Waals surface area contributed by atoms with Crippen LogP contribution in [0.2, 0.25) is 0 Å². The van der Waals surface area contributed by atoms with Crippen LogP contribution in [-0.4, -0.2) is 28.6 Å². The Morgan fingerprint density at radius 2 is 1.97 bits per heavy atom. The molecule has 0 aliphatic carbocycles. The quantitative estimate of drug-likeness (QED) is 0.513. The van der Waals surface area contributed by atoms with Crippen LogP contribution < -0.4 is 10.1 Å². The monoisotopic (exact) mass is 393 g/mol. The van der Waals surface area contributed by atoms with Crippen LogP contribution in [0.5, 0.6) is 5.75 Å². The average molecular weight is 394 g/mol. The van der Waals surface area contributed by atoms with Gasteiger partial charge in [-0.2, -0.15) is 0 Å². The minimum Gasteiger partial charge on any atom is -0.491 e. The van der Waals surface area contributed by atoms with Crippen molar-refractivity contribution in [3.63, 3.8) is 0 Å². The minimum absolute atomic E-state index is 0.128. The van der Waals surface area contributed by atoms with E-state index in [0.29, 0.717) is 19.6 Å². The highest BCUT2D eigenvalue weighted by Gasteiger charge is 2.11. The number of hydrogen-bond acceptors (Lipinski definition) is 3. The molecule has 0 aliphatic rings. The molecular formula is C24H31N3O2. The number of nitrogens with one attached hydrogen (secondary N) is 1. The number of aromatic nitrogens is 2. The molecule has 0 saturated heterocycles. The summed E-state index contributed by atoms with van der Waals surface area (Å²) in [6.45, 7) is 8.22. The van der Waals surface area contributed by atoms with E-state index in [0.717, 1.165) is 48.4 Å². The molecule has 5 nitrogen and oxygen atoms in total.